The zero-order valence-electron chi connectivity index (χ0n) is 11.0. The first kappa shape index (κ1) is 13.5. The van der Waals surface area contributed by atoms with Crippen LogP contribution in [0.1, 0.15) is 34.1 Å². The van der Waals surface area contributed by atoms with Crippen molar-refractivity contribution in [3.05, 3.63) is 47.0 Å². The van der Waals surface area contributed by atoms with Crippen LogP contribution in [-0.2, 0) is 0 Å². The highest BCUT2D eigenvalue weighted by molar-refractivity contribution is 6.07. The maximum absolute atomic E-state index is 12.1. The normalized spacial score (nSPS) is 14.7. The highest BCUT2D eigenvalue weighted by Crippen LogP contribution is 2.10. The van der Waals surface area contributed by atoms with Gasteiger partial charge in [-0.3, -0.25) is 9.59 Å². The first-order valence-corrected chi connectivity index (χ1v) is 6.45. The van der Waals surface area contributed by atoms with Crippen LogP contribution in [0, 0.1) is 0 Å². The molecule has 4 nitrogen and oxygen atoms in total. The highest BCUT2D eigenvalue weighted by Gasteiger charge is 2.14. The molecule has 0 bridgehead atoms. The van der Waals surface area contributed by atoms with E-state index in [0.717, 1.165) is 19.5 Å². The third-order valence-electron chi connectivity index (χ3n) is 3.18. The van der Waals surface area contributed by atoms with Crippen LogP contribution in [0.5, 0.6) is 0 Å². The van der Waals surface area contributed by atoms with E-state index < -0.39 is 0 Å². The lowest BCUT2D eigenvalue weighted by Crippen LogP contribution is -2.30. The van der Waals surface area contributed by atoms with E-state index in [0.29, 0.717) is 17.7 Å². The third-order valence-corrected chi connectivity index (χ3v) is 3.18. The van der Waals surface area contributed by atoms with Gasteiger partial charge < -0.3 is 10.6 Å². The highest BCUT2D eigenvalue weighted by atomic mass is 16.2. The summed E-state index contributed by atoms with van der Waals surface area (Å²) in [6, 6.07) is 6.90. The standard InChI is InChI=1S/C15H18N2O2/c1-11(18)13-4-2-3-5-14(13)15(19)17-10-12-6-8-16-9-7-12/h2-6,16H,7-10H2,1H3,(H,17,19). The molecule has 1 heterocycles. The Bertz CT molecular complexity index is 521. The molecule has 1 aliphatic heterocycles. The lowest BCUT2D eigenvalue weighted by molar-refractivity contribution is 0.0941. The van der Waals surface area contributed by atoms with Gasteiger partial charge in [-0.05, 0) is 26.0 Å². The third kappa shape index (κ3) is 3.51. The van der Waals surface area contributed by atoms with E-state index in [1.54, 1.807) is 24.3 Å². The molecule has 0 saturated carbocycles. The van der Waals surface area contributed by atoms with Gasteiger partial charge >= 0.3 is 0 Å². The molecule has 1 amide bonds. The number of hydrogen-bond acceptors (Lipinski definition) is 3. The summed E-state index contributed by atoms with van der Waals surface area (Å²) in [7, 11) is 0. The molecule has 0 aliphatic carbocycles. The van der Waals surface area contributed by atoms with E-state index in [2.05, 4.69) is 16.7 Å². The largest absolute Gasteiger partial charge is 0.348 e. The van der Waals surface area contributed by atoms with Crippen molar-refractivity contribution in [2.45, 2.75) is 13.3 Å². The van der Waals surface area contributed by atoms with Gasteiger partial charge in [0.25, 0.3) is 5.91 Å². The SMILES string of the molecule is CC(=O)c1ccccc1C(=O)NCC1=CCNCC1. The smallest absolute Gasteiger partial charge is 0.252 e. The van der Waals surface area contributed by atoms with Gasteiger partial charge in [0.2, 0.25) is 0 Å². The number of ketones is 1. The lowest BCUT2D eigenvalue weighted by Gasteiger charge is -2.15. The van der Waals surface area contributed by atoms with Crippen LogP contribution in [-0.4, -0.2) is 31.3 Å². The molecular formula is C15H18N2O2. The summed E-state index contributed by atoms with van der Waals surface area (Å²) >= 11 is 0. The molecule has 0 radical (unpaired) electrons. The summed E-state index contributed by atoms with van der Waals surface area (Å²) in [4.78, 5) is 23.6. The second-order valence-corrected chi connectivity index (χ2v) is 4.60. The van der Waals surface area contributed by atoms with Gasteiger partial charge in [-0.1, -0.05) is 29.8 Å². The van der Waals surface area contributed by atoms with Crippen molar-refractivity contribution >= 4 is 11.7 Å². The number of amides is 1. The Hall–Kier alpha value is -1.94. The van der Waals surface area contributed by atoms with Crippen LogP contribution in [0.3, 0.4) is 0 Å². The van der Waals surface area contributed by atoms with Gasteiger partial charge in [-0.2, -0.15) is 0 Å². The Labute approximate surface area is 112 Å². The predicted octanol–water partition coefficient (Wildman–Crippen LogP) is 1.54. The monoisotopic (exact) mass is 258 g/mol. The Morgan fingerprint density at radius 1 is 1.26 bits per heavy atom. The summed E-state index contributed by atoms with van der Waals surface area (Å²) in [6.07, 6.45) is 3.05. The molecule has 4 heteroatoms. The first-order chi connectivity index (χ1) is 9.18. The van der Waals surface area contributed by atoms with Gasteiger partial charge in [0.15, 0.2) is 5.78 Å². The van der Waals surface area contributed by atoms with Gasteiger partial charge in [-0.15, -0.1) is 0 Å². The molecule has 0 atom stereocenters. The van der Waals surface area contributed by atoms with Gasteiger partial charge in [0.05, 0.1) is 5.56 Å². The topological polar surface area (TPSA) is 58.2 Å². The second-order valence-electron chi connectivity index (χ2n) is 4.60. The second kappa shape index (κ2) is 6.29. The first-order valence-electron chi connectivity index (χ1n) is 6.45. The number of benzene rings is 1. The van der Waals surface area contributed by atoms with E-state index in [9.17, 15) is 9.59 Å². The number of rotatable bonds is 4. The molecule has 0 saturated heterocycles. The Kier molecular flexibility index (Phi) is 4.47. The molecule has 0 unspecified atom stereocenters. The van der Waals surface area contributed by atoms with E-state index in [1.807, 2.05) is 0 Å². The zero-order valence-corrected chi connectivity index (χ0v) is 11.0. The minimum absolute atomic E-state index is 0.0909. The maximum Gasteiger partial charge on any atom is 0.252 e. The maximum atomic E-state index is 12.1. The van der Waals surface area contributed by atoms with Crippen molar-refractivity contribution in [1.82, 2.24) is 10.6 Å². The fraction of sp³-hybridized carbons (Fsp3) is 0.333. The molecule has 100 valence electrons. The minimum atomic E-state index is -0.190. The van der Waals surface area contributed by atoms with E-state index in [1.165, 1.54) is 12.5 Å². The van der Waals surface area contributed by atoms with Crippen molar-refractivity contribution in [1.29, 1.82) is 0 Å². The van der Waals surface area contributed by atoms with E-state index >= 15 is 0 Å². The molecule has 19 heavy (non-hydrogen) atoms. The minimum Gasteiger partial charge on any atom is -0.348 e. The Balaban J connectivity index is 2.04. The van der Waals surface area contributed by atoms with Crippen molar-refractivity contribution < 1.29 is 9.59 Å². The fourth-order valence-electron chi connectivity index (χ4n) is 2.11. The molecule has 2 N–H and O–H groups in total. The van der Waals surface area contributed by atoms with Crippen LogP contribution in [0.4, 0.5) is 0 Å². The van der Waals surface area contributed by atoms with Gasteiger partial charge in [0.1, 0.15) is 0 Å². The molecule has 0 fully saturated rings. The zero-order chi connectivity index (χ0) is 13.7. The quantitative estimate of drug-likeness (QED) is 0.636. The summed E-state index contributed by atoms with van der Waals surface area (Å²) in [6.45, 7) is 3.83. The van der Waals surface area contributed by atoms with E-state index in [-0.39, 0.29) is 11.7 Å². The van der Waals surface area contributed by atoms with Gasteiger partial charge in [0, 0.05) is 18.7 Å². The number of carbonyl (C=O) groups is 2. The van der Waals surface area contributed by atoms with Crippen molar-refractivity contribution in [3.63, 3.8) is 0 Å². The molecular weight excluding hydrogens is 240 g/mol. The predicted molar refractivity (Wildman–Crippen MR) is 74.3 cm³/mol. The molecule has 1 aliphatic rings. The number of carbonyl (C=O) groups excluding carboxylic acids is 2. The Morgan fingerprint density at radius 3 is 2.63 bits per heavy atom. The van der Waals surface area contributed by atoms with Crippen molar-refractivity contribution in [2.75, 3.05) is 19.6 Å². The Morgan fingerprint density at radius 2 is 2.00 bits per heavy atom. The van der Waals surface area contributed by atoms with Crippen molar-refractivity contribution in [2.24, 2.45) is 0 Å². The number of hydrogen-bond donors (Lipinski definition) is 2. The molecule has 2 rings (SSSR count). The number of Topliss-reactive ketones (excluding diaryl/α,β-unsaturated/α-hetero) is 1. The summed E-state index contributed by atoms with van der Waals surface area (Å²) < 4.78 is 0. The summed E-state index contributed by atoms with van der Waals surface area (Å²) in [5, 5.41) is 6.10. The van der Waals surface area contributed by atoms with Crippen molar-refractivity contribution in [3.8, 4) is 0 Å². The molecule has 1 aromatic carbocycles. The van der Waals surface area contributed by atoms with Crippen LogP contribution in [0.15, 0.2) is 35.9 Å². The average Bonchev–Trinajstić information content (AvgIpc) is 2.46. The van der Waals surface area contributed by atoms with Crippen LogP contribution >= 0.6 is 0 Å². The molecule has 0 spiro atoms. The average molecular weight is 258 g/mol. The molecule has 1 aromatic rings. The summed E-state index contributed by atoms with van der Waals surface area (Å²) in [5.41, 5.74) is 2.15. The molecule has 0 aromatic heterocycles. The van der Waals surface area contributed by atoms with Gasteiger partial charge in [-0.25, -0.2) is 0 Å². The van der Waals surface area contributed by atoms with E-state index in [4.69, 9.17) is 0 Å². The lowest BCUT2D eigenvalue weighted by atomic mass is 10.0. The van der Waals surface area contributed by atoms with Crippen LogP contribution in [0.2, 0.25) is 0 Å². The fourth-order valence-corrected chi connectivity index (χ4v) is 2.11. The van der Waals surface area contributed by atoms with Crippen LogP contribution in [0.25, 0.3) is 0 Å². The summed E-state index contributed by atoms with van der Waals surface area (Å²) in [5.74, 6) is -0.280. The van der Waals surface area contributed by atoms with Crippen LogP contribution < -0.4 is 10.6 Å². The number of nitrogens with one attached hydrogen (secondary N) is 2.